The summed E-state index contributed by atoms with van der Waals surface area (Å²) in [4.78, 5) is 15.3. The van der Waals surface area contributed by atoms with Crippen LogP contribution in [-0.2, 0) is 11.8 Å². The lowest BCUT2D eigenvalue weighted by molar-refractivity contribution is -0.135. The molecular weight excluding hydrogens is 318 g/mol. The molecule has 0 bridgehead atoms. The van der Waals surface area contributed by atoms with Crippen molar-refractivity contribution in [1.29, 1.82) is 0 Å². The lowest BCUT2D eigenvalue weighted by Gasteiger charge is -2.40. The van der Waals surface area contributed by atoms with Crippen molar-refractivity contribution < 1.29 is 4.79 Å². The summed E-state index contributed by atoms with van der Waals surface area (Å²) in [6, 6.07) is 10.7. The van der Waals surface area contributed by atoms with Crippen LogP contribution in [0.5, 0.6) is 0 Å². The lowest BCUT2D eigenvalue weighted by atomic mass is 10.0. The molecule has 1 aromatic carbocycles. The van der Waals surface area contributed by atoms with Crippen molar-refractivity contribution in [3.05, 3.63) is 53.9 Å². The number of aromatic nitrogens is 2. The van der Waals surface area contributed by atoms with Gasteiger partial charge < -0.3 is 4.90 Å². The van der Waals surface area contributed by atoms with Gasteiger partial charge in [-0.2, -0.15) is 16.9 Å². The van der Waals surface area contributed by atoms with E-state index in [9.17, 15) is 4.79 Å². The van der Waals surface area contributed by atoms with Gasteiger partial charge in [0.15, 0.2) is 0 Å². The fourth-order valence-electron chi connectivity index (χ4n) is 3.85. The van der Waals surface area contributed by atoms with Crippen LogP contribution in [0, 0.1) is 5.92 Å². The molecule has 4 nitrogen and oxygen atoms in total. The van der Waals surface area contributed by atoms with Gasteiger partial charge >= 0.3 is 0 Å². The molecule has 0 unspecified atom stereocenters. The maximum Gasteiger partial charge on any atom is 0.226 e. The van der Waals surface area contributed by atoms with Crippen molar-refractivity contribution in [2.45, 2.75) is 30.6 Å². The fourth-order valence-corrected chi connectivity index (χ4v) is 5.01. The van der Waals surface area contributed by atoms with E-state index in [1.165, 1.54) is 11.1 Å². The first-order valence-electron chi connectivity index (χ1n) is 8.60. The summed E-state index contributed by atoms with van der Waals surface area (Å²) in [7, 11) is 1.93. The second-order valence-electron chi connectivity index (χ2n) is 6.86. The molecule has 2 aliphatic rings. The molecule has 1 aliphatic carbocycles. The average Bonchev–Trinajstić information content (AvgIpc) is 3.28. The maximum atomic E-state index is 13.2. The number of hydrogen-bond acceptors (Lipinski definition) is 3. The van der Waals surface area contributed by atoms with Crippen LogP contribution in [0.1, 0.15) is 36.4 Å². The third-order valence-corrected chi connectivity index (χ3v) is 6.38. The van der Waals surface area contributed by atoms with Gasteiger partial charge in [-0.15, -0.1) is 0 Å². The molecule has 2 aromatic rings. The molecule has 5 heteroatoms. The van der Waals surface area contributed by atoms with Crippen LogP contribution in [0.25, 0.3) is 0 Å². The number of amides is 1. The Labute approximate surface area is 147 Å². The van der Waals surface area contributed by atoms with Crippen LogP contribution in [0.3, 0.4) is 0 Å². The van der Waals surface area contributed by atoms with E-state index in [1.54, 1.807) is 0 Å². The largest absolute Gasteiger partial charge is 0.333 e. The van der Waals surface area contributed by atoms with E-state index in [-0.39, 0.29) is 12.0 Å². The Hall–Kier alpha value is -1.75. The zero-order chi connectivity index (χ0) is 16.7. The van der Waals surface area contributed by atoms with Crippen molar-refractivity contribution in [3.8, 4) is 0 Å². The van der Waals surface area contributed by atoms with Gasteiger partial charge in [0.05, 0.1) is 12.2 Å². The lowest BCUT2D eigenvalue weighted by Crippen LogP contribution is -2.44. The predicted molar refractivity (Wildman–Crippen MR) is 96.9 cm³/mol. The first kappa shape index (κ1) is 15.8. The van der Waals surface area contributed by atoms with E-state index < -0.39 is 0 Å². The summed E-state index contributed by atoms with van der Waals surface area (Å²) in [5.74, 6) is 1.84. The number of nitrogens with zero attached hydrogens (tertiary/aromatic N) is 3. The zero-order valence-corrected chi connectivity index (χ0v) is 14.9. The van der Waals surface area contributed by atoms with Crippen molar-refractivity contribution in [2.24, 2.45) is 13.0 Å². The molecule has 0 spiro atoms. The molecule has 1 saturated heterocycles. The van der Waals surface area contributed by atoms with Crippen LogP contribution in [0.2, 0.25) is 0 Å². The topological polar surface area (TPSA) is 38.1 Å². The molecule has 2 heterocycles. The van der Waals surface area contributed by atoms with Crippen molar-refractivity contribution in [1.82, 2.24) is 14.7 Å². The third kappa shape index (κ3) is 2.86. The second-order valence-corrected chi connectivity index (χ2v) is 8.34. The number of carbonyl (C=O) groups is 1. The van der Waals surface area contributed by atoms with Crippen LogP contribution >= 0.6 is 11.8 Å². The van der Waals surface area contributed by atoms with Crippen LogP contribution in [0.15, 0.2) is 42.7 Å². The highest BCUT2D eigenvalue weighted by atomic mass is 32.2. The molecule has 1 aliphatic heterocycles. The third-order valence-electron chi connectivity index (χ3n) is 5.18. The summed E-state index contributed by atoms with van der Waals surface area (Å²) in [6.45, 7) is 3.09. The van der Waals surface area contributed by atoms with Gasteiger partial charge in [0.1, 0.15) is 0 Å². The Morgan fingerprint density at radius 2 is 2.04 bits per heavy atom. The Kier molecular flexibility index (Phi) is 4.12. The van der Waals surface area contributed by atoms with Crippen LogP contribution in [0.4, 0.5) is 0 Å². The minimum Gasteiger partial charge on any atom is -0.333 e. The van der Waals surface area contributed by atoms with E-state index in [0.717, 1.165) is 18.7 Å². The van der Waals surface area contributed by atoms with E-state index in [4.69, 9.17) is 0 Å². The molecule has 1 saturated carbocycles. The summed E-state index contributed by atoms with van der Waals surface area (Å²) in [5, 5.41) is 4.68. The number of hydrogen-bond donors (Lipinski definition) is 0. The smallest absolute Gasteiger partial charge is 0.226 e. The average molecular weight is 341 g/mol. The molecule has 1 aromatic heterocycles. The summed E-state index contributed by atoms with van der Waals surface area (Å²) in [5.41, 5.74) is 2.45. The van der Waals surface area contributed by atoms with E-state index >= 15 is 0 Å². The van der Waals surface area contributed by atoms with E-state index in [2.05, 4.69) is 41.2 Å². The SMILES string of the molecule is C[C@@H]1SCCN(C(=O)[C@@H]2C[C@@H]2c2cnn(C)c2)[C@H]1c1ccccc1. The number of benzene rings is 1. The molecule has 0 N–H and O–H groups in total. The standard InChI is InChI=1S/C19H23N3OS/c1-13-18(14-6-4-3-5-7-14)22(8-9-24-13)19(23)17-10-16(17)15-11-20-21(2)12-15/h3-7,11-13,16-18H,8-10H2,1-2H3/t13-,16+,17+,18+/m0/s1. The van der Waals surface area contributed by atoms with Crippen molar-refractivity contribution >= 4 is 17.7 Å². The highest BCUT2D eigenvalue weighted by Crippen LogP contribution is 2.50. The maximum absolute atomic E-state index is 13.2. The van der Waals surface area contributed by atoms with E-state index in [1.807, 2.05) is 42.0 Å². The summed E-state index contributed by atoms with van der Waals surface area (Å²) in [6.07, 6.45) is 4.91. The monoisotopic (exact) mass is 341 g/mol. The van der Waals surface area contributed by atoms with Gasteiger partial charge in [-0.05, 0) is 23.5 Å². The van der Waals surface area contributed by atoms with Crippen molar-refractivity contribution in [3.63, 3.8) is 0 Å². The van der Waals surface area contributed by atoms with Gasteiger partial charge in [-0.1, -0.05) is 37.3 Å². The quantitative estimate of drug-likeness (QED) is 0.860. The molecule has 4 atom stereocenters. The van der Waals surface area contributed by atoms with Gasteiger partial charge in [0.2, 0.25) is 5.91 Å². The first-order chi connectivity index (χ1) is 11.6. The Morgan fingerprint density at radius 3 is 2.75 bits per heavy atom. The van der Waals surface area contributed by atoms with Gasteiger partial charge in [-0.25, -0.2) is 0 Å². The molecular formula is C19H23N3OS. The summed E-state index contributed by atoms with van der Waals surface area (Å²) >= 11 is 1.97. The van der Waals surface area contributed by atoms with Crippen LogP contribution in [-0.4, -0.2) is 38.1 Å². The highest BCUT2D eigenvalue weighted by Gasteiger charge is 2.48. The zero-order valence-electron chi connectivity index (χ0n) is 14.1. The highest BCUT2D eigenvalue weighted by molar-refractivity contribution is 8.00. The predicted octanol–water partition coefficient (Wildman–Crippen LogP) is 3.23. The summed E-state index contributed by atoms with van der Waals surface area (Å²) < 4.78 is 1.82. The number of rotatable bonds is 3. The number of thioether (sulfide) groups is 1. The fraction of sp³-hybridized carbons (Fsp3) is 0.474. The first-order valence-corrected chi connectivity index (χ1v) is 9.65. The van der Waals surface area contributed by atoms with Crippen LogP contribution < -0.4 is 0 Å². The van der Waals surface area contributed by atoms with Crippen molar-refractivity contribution in [2.75, 3.05) is 12.3 Å². The van der Waals surface area contributed by atoms with Gasteiger partial charge in [-0.3, -0.25) is 9.48 Å². The van der Waals surface area contributed by atoms with E-state index in [0.29, 0.717) is 17.1 Å². The minimum atomic E-state index is 0.135. The molecule has 1 amide bonds. The second kappa shape index (κ2) is 6.28. The Balaban J connectivity index is 1.54. The molecule has 2 fully saturated rings. The Morgan fingerprint density at radius 1 is 1.25 bits per heavy atom. The molecule has 126 valence electrons. The number of carbonyl (C=O) groups excluding carboxylic acids is 1. The minimum absolute atomic E-state index is 0.135. The molecule has 4 rings (SSSR count). The van der Waals surface area contributed by atoms with Gasteiger partial charge in [0, 0.05) is 36.7 Å². The molecule has 24 heavy (non-hydrogen) atoms. The van der Waals surface area contributed by atoms with Gasteiger partial charge in [0.25, 0.3) is 0 Å². The molecule has 0 radical (unpaired) electrons. The number of aryl methyl sites for hydroxylation is 1. The Bertz CT molecular complexity index is 729. The normalized spacial score (nSPS) is 29.5.